The van der Waals surface area contributed by atoms with Gasteiger partial charge < -0.3 is 20.9 Å². The summed E-state index contributed by atoms with van der Waals surface area (Å²) in [6.07, 6.45) is 0. The van der Waals surface area contributed by atoms with Crippen LogP contribution in [0.2, 0.25) is 0 Å². The quantitative estimate of drug-likeness (QED) is 0.653. The molecule has 3 aromatic rings. The Kier molecular flexibility index (Phi) is 4.76. The van der Waals surface area contributed by atoms with E-state index >= 15 is 0 Å². The van der Waals surface area contributed by atoms with Gasteiger partial charge in [-0.05, 0) is 11.6 Å². The van der Waals surface area contributed by atoms with E-state index in [9.17, 15) is 9.90 Å². The van der Waals surface area contributed by atoms with Crippen molar-refractivity contribution in [2.75, 3.05) is 19.5 Å². The van der Waals surface area contributed by atoms with E-state index in [0.29, 0.717) is 16.7 Å². The number of amides is 1. The highest BCUT2D eigenvalue weighted by atomic mass is 16.5. The Morgan fingerprint density at radius 2 is 1.96 bits per heavy atom. The average molecular weight is 338 g/mol. The number of aliphatic hydroxyl groups is 1. The molecule has 0 fully saturated rings. The average Bonchev–Trinajstić information content (AvgIpc) is 2.65. The molecule has 4 N–H and O–H groups in total. The highest BCUT2D eigenvalue weighted by molar-refractivity contribution is 6.06. The molecule has 0 spiro atoms. The number of hydrogen-bond acceptors (Lipinski definition) is 6. The minimum Gasteiger partial charge on any atom is -0.494 e. The number of aliphatic hydroxyl groups excluding tert-OH is 1. The van der Waals surface area contributed by atoms with Crippen LogP contribution in [0, 0.1) is 0 Å². The molecule has 0 saturated carbocycles. The molecule has 0 aliphatic heterocycles. The number of ether oxygens (including phenoxy) is 1. The molecule has 0 bridgehead atoms. The lowest BCUT2D eigenvalue weighted by Crippen LogP contribution is -2.31. The van der Waals surface area contributed by atoms with Crippen molar-refractivity contribution in [3.05, 3.63) is 59.8 Å². The predicted octanol–water partition coefficient (Wildman–Crippen LogP) is 1.68. The first-order chi connectivity index (χ1) is 12.1. The fourth-order valence-electron chi connectivity index (χ4n) is 2.63. The van der Waals surface area contributed by atoms with Gasteiger partial charge in [-0.15, -0.1) is 0 Å². The number of nitrogen functional groups attached to an aromatic ring is 1. The van der Waals surface area contributed by atoms with Gasteiger partial charge in [-0.1, -0.05) is 42.5 Å². The number of carbonyl (C=O) groups is 1. The normalized spacial score (nSPS) is 11.9. The number of nitrogens with zero attached hydrogens (tertiary/aromatic N) is 2. The summed E-state index contributed by atoms with van der Waals surface area (Å²) in [6, 6.07) is 13.9. The van der Waals surface area contributed by atoms with Gasteiger partial charge in [0.05, 0.1) is 19.8 Å². The third-order valence-electron chi connectivity index (χ3n) is 3.83. The second kappa shape index (κ2) is 7.14. The zero-order valence-corrected chi connectivity index (χ0v) is 13.6. The van der Waals surface area contributed by atoms with Gasteiger partial charge in [0.2, 0.25) is 5.95 Å². The van der Waals surface area contributed by atoms with Gasteiger partial charge in [0.25, 0.3) is 5.91 Å². The van der Waals surface area contributed by atoms with Crippen molar-refractivity contribution in [2.24, 2.45) is 0 Å². The molecule has 0 aliphatic carbocycles. The molecule has 0 aliphatic rings. The van der Waals surface area contributed by atoms with Crippen LogP contribution >= 0.6 is 0 Å². The molecule has 3 rings (SSSR count). The third-order valence-corrected chi connectivity index (χ3v) is 3.83. The maximum Gasteiger partial charge on any atom is 0.271 e. The summed E-state index contributed by atoms with van der Waals surface area (Å²) in [7, 11) is 1.52. The number of anilines is 1. The Bertz CT molecular complexity index is 899. The second-order valence-corrected chi connectivity index (χ2v) is 5.41. The summed E-state index contributed by atoms with van der Waals surface area (Å²) in [5.74, 6) is 0.0279. The monoisotopic (exact) mass is 338 g/mol. The van der Waals surface area contributed by atoms with Crippen LogP contribution in [-0.4, -0.2) is 34.7 Å². The fourth-order valence-corrected chi connectivity index (χ4v) is 2.63. The molecule has 7 nitrogen and oxygen atoms in total. The molecule has 25 heavy (non-hydrogen) atoms. The summed E-state index contributed by atoms with van der Waals surface area (Å²) in [5, 5.41) is 12.9. The Morgan fingerprint density at radius 3 is 2.64 bits per heavy atom. The molecule has 1 amide bonds. The van der Waals surface area contributed by atoms with E-state index in [4.69, 9.17) is 10.5 Å². The second-order valence-electron chi connectivity index (χ2n) is 5.41. The fraction of sp³-hybridized carbons (Fsp3) is 0.167. The molecular formula is C18H18N4O3. The van der Waals surface area contributed by atoms with Crippen LogP contribution in [0.4, 0.5) is 5.95 Å². The number of nitrogens with two attached hydrogens (primary N) is 1. The van der Waals surface area contributed by atoms with Crippen LogP contribution < -0.4 is 15.8 Å². The molecule has 128 valence electrons. The summed E-state index contributed by atoms with van der Waals surface area (Å²) in [6.45, 7) is -0.239. The van der Waals surface area contributed by atoms with Crippen LogP contribution in [0.3, 0.4) is 0 Å². The largest absolute Gasteiger partial charge is 0.494 e. The summed E-state index contributed by atoms with van der Waals surface area (Å²) in [5.41, 5.74) is 7.14. The minimum absolute atomic E-state index is 0.0255. The van der Waals surface area contributed by atoms with Crippen LogP contribution in [0.1, 0.15) is 22.1 Å². The van der Waals surface area contributed by atoms with Crippen molar-refractivity contribution < 1.29 is 14.6 Å². The maximum atomic E-state index is 12.7. The van der Waals surface area contributed by atoms with Gasteiger partial charge in [-0.25, -0.2) is 9.97 Å². The van der Waals surface area contributed by atoms with E-state index in [1.165, 1.54) is 7.11 Å². The molecule has 7 heteroatoms. The summed E-state index contributed by atoms with van der Waals surface area (Å²) < 4.78 is 5.27. The van der Waals surface area contributed by atoms with Crippen LogP contribution in [0.5, 0.6) is 5.75 Å². The van der Waals surface area contributed by atoms with Gasteiger partial charge in [0, 0.05) is 5.39 Å². The zero-order chi connectivity index (χ0) is 17.8. The minimum atomic E-state index is -0.550. The Morgan fingerprint density at radius 1 is 1.20 bits per heavy atom. The number of para-hydroxylation sites is 1. The number of methoxy groups -OCH3 is 1. The third kappa shape index (κ3) is 3.36. The number of hydrogen-bond donors (Lipinski definition) is 3. The van der Waals surface area contributed by atoms with Gasteiger partial charge in [-0.3, -0.25) is 4.79 Å². The van der Waals surface area contributed by atoms with Crippen molar-refractivity contribution in [2.45, 2.75) is 6.04 Å². The van der Waals surface area contributed by atoms with E-state index in [0.717, 1.165) is 5.56 Å². The number of aromatic nitrogens is 2. The Balaban J connectivity index is 1.99. The first kappa shape index (κ1) is 16.7. The predicted molar refractivity (Wildman–Crippen MR) is 94.2 cm³/mol. The Labute approximate surface area is 144 Å². The Hall–Kier alpha value is -3.19. The smallest absolute Gasteiger partial charge is 0.271 e. The first-order valence-corrected chi connectivity index (χ1v) is 7.71. The molecule has 1 heterocycles. The van der Waals surface area contributed by atoms with Gasteiger partial charge in [0.1, 0.15) is 17.0 Å². The number of fused-ring (bicyclic) bond motifs is 1. The van der Waals surface area contributed by atoms with Crippen LogP contribution in [0.25, 0.3) is 10.9 Å². The topological polar surface area (TPSA) is 110 Å². The zero-order valence-electron chi connectivity index (χ0n) is 13.6. The highest BCUT2D eigenvalue weighted by Crippen LogP contribution is 2.26. The van der Waals surface area contributed by atoms with Crippen LogP contribution in [0.15, 0.2) is 48.5 Å². The lowest BCUT2D eigenvalue weighted by molar-refractivity contribution is 0.0913. The lowest BCUT2D eigenvalue weighted by atomic mass is 10.1. The maximum absolute atomic E-state index is 12.7. The summed E-state index contributed by atoms with van der Waals surface area (Å²) in [4.78, 5) is 21.0. The molecule has 0 unspecified atom stereocenters. The van der Waals surface area contributed by atoms with Crippen molar-refractivity contribution in [3.8, 4) is 5.75 Å². The molecule has 2 aromatic carbocycles. The SMILES string of the molecule is COc1cccc2c(C(=O)N[C@@H](CO)c3ccccc3)nc(N)nc12. The first-order valence-electron chi connectivity index (χ1n) is 7.71. The highest BCUT2D eigenvalue weighted by Gasteiger charge is 2.20. The van der Waals surface area contributed by atoms with Crippen LogP contribution in [-0.2, 0) is 0 Å². The van der Waals surface area contributed by atoms with Crippen molar-refractivity contribution in [1.82, 2.24) is 15.3 Å². The number of nitrogens with one attached hydrogen (secondary N) is 1. The molecular weight excluding hydrogens is 320 g/mol. The summed E-state index contributed by atoms with van der Waals surface area (Å²) >= 11 is 0. The van der Waals surface area contributed by atoms with E-state index in [-0.39, 0.29) is 18.2 Å². The molecule has 0 radical (unpaired) electrons. The van der Waals surface area contributed by atoms with Crippen molar-refractivity contribution >= 4 is 22.8 Å². The van der Waals surface area contributed by atoms with Crippen molar-refractivity contribution in [1.29, 1.82) is 0 Å². The van der Waals surface area contributed by atoms with E-state index < -0.39 is 11.9 Å². The standard InChI is InChI=1S/C18H18N4O3/c1-25-14-9-5-8-12-15(14)21-18(19)22-16(12)17(24)20-13(10-23)11-6-3-2-4-7-11/h2-9,13,23H,10H2,1H3,(H,20,24)(H2,19,21,22)/t13-/m0/s1. The number of benzene rings is 2. The van der Waals surface area contributed by atoms with E-state index in [2.05, 4.69) is 15.3 Å². The molecule has 0 saturated heterocycles. The molecule has 1 aromatic heterocycles. The lowest BCUT2D eigenvalue weighted by Gasteiger charge is -2.17. The van der Waals surface area contributed by atoms with Gasteiger partial charge in [0.15, 0.2) is 0 Å². The number of carbonyl (C=O) groups excluding carboxylic acids is 1. The van der Waals surface area contributed by atoms with E-state index in [1.807, 2.05) is 30.3 Å². The number of rotatable bonds is 5. The van der Waals surface area contributed by atoms with Gasteiger partial charge in [-0.2, -0.15) is 0 Å². The molecule has 1 atom stereocenters. The van der Waals surface area contributed by atoms with E-state index in [1.54, 1.807) is 18.2 Å². The van der Waals surface area contributed by atoms with Crippen molar-refractivity contribution in [3.63, 3.8) is 0 Å². The van der Waals surface area contributed by atoms with Gasteiger partial charge >= 0.3 is 0 Å².